The number of hydrogen-bond donors (Lipinski definition) is 1. The molecule has 2 aromatic carbocycles. The summed E-state index contributed by atoms with van der Waals surface area (Å²) in [7, 11) is 0. The predicted molar refractivity (Wildman–Crippen MR) is 77.3 cm³/mol. The van der Waals surface area contributed by atoms with Gasteiger partial charge in [0.05, 0.1) is 5.69 Å². The van der Waals surface area contributed by atoms with Gasteiger partial charge in [0, 0.05) is 11.0 Å². The number of benzene rings is 2. The Hall–Kier alpha value is -1.35. The van der Waals surface area contributed by atoms with Gasteiger partial charge in [-0.15, -0.1) is 0 Å². The molecule has 0 saturated carbocycles. The minimum absolute atomic E-state index is 0.233. The van der Waals surface area contributed by atoms with Crippen molar-refractivity contribution in [3.05, 3.63) is 63.4 Å². The minimum atomic E-state index is -0.233. The molecule has 0 amide bonds. The number of anilines is 1. The number of hydrogen-bond acceptors (Lipinski definition) is 1. The van der Waals surface area contributed by atoms with Crippen molar-refractivity contribution in [2.24, 2.45) is 0 Å². The maximum atomic E-state index is 13.6. The highest BCUT2D eigenvalue weighted by atomic mass is 79.9. The van der Waals surface area contributed by atoms with E-state index < -0.39 is 0 Å². The van der Waals surface area contributed by atoms with Gasteiger partial charge in [-0.3, -0.25) is 0 Å². The van der Waals surface area contributed by atoms with Crippen LogP contribution in [0.5, 0.6) is 0 Å². The smallest absolute Gasteiger partial charge is 0.146 e. The molecule has 2 aromatic rings. The van der Waals surface area contributed by atoms with Crippen LogP contribution >= 0.6 is 15.9 Å². The molecule has 0 aliphatic carbocycles. The molecule has 0 bridgehead atoms. The molecule has 2 rings (SSSR count). The van der Waals surface area contributed by atoms with Crippen LogP contribution in [0.1, 0.15) is 16.7 Å². The van der Waals surface area contributed by atoms with E-state index in [1.54, 1.807) is 12.1 Å². The standard InChI is InChI=1S/C15H15BrFN/c1-10-3-4-11(2)12(7-10)9-18-15-8-13(16)5-6-14(15)17/h3-8,18H,9H2,1-2H3. The van der Waals surface area contributed by atoms with Crippen LogP contribution in [-0.2, 0) is 6.54 Å². The van der Waals surface area contributed by atoms with Gasteiger partial charge in [0.1, 0.15) is 5.82 Å². The largest absolute Gasteiger partial charge is 0.379 e. The molecule has 0 aliphatic rings. The predicted octanol–water partition coefficient (Wildman–Crippen LogP) is 4.82. The van der Waals surface area contributed by atoms with Crippen molar-refractivity contribution in [3.63, 3.8) is 0 Å². The average molecular weight is 308 g/mol. The Morgan fingerprint density at radius 3 is 2.67 bits per heavy atom. The first-order valence-electron chi connectivity index (χ1n) is 5.81. The summed E-state index contributed by atoms with van der Waals surface area (Å²) < 4.78 is 14.4. The Kier molecular flexibility index (Phi) is 4.02. The van der Waals surface area contributed by atoms with Crippen molar-refractivity contribution in [2.45, 2.75) is 20.4 Å². The fraction of sp³-hybridized carbons (Fsp3) is 0.200. The lowest BCUT2D eigenvalue weighted by atomic mass is 10.1. The summed E-state index contributed by atoms with van der Waals surface area (Å²) in [5, 5.41) is 3.13. The summed E-state index contributed by atoms with van der Waals surface area (Å²) in [5.41, 5.74) is 4.13. The zero-order chi connectivity index (χ0) is 13.1. The highest BCUT2D eigenvalue weighted by Crippen LogP contribution is 2.21. The number of nitrogens with one attached hydrogen (secondary N) is 1. The normalized spacial score (nSPS) is 10.4. The Bertz CT molecular complexity index is 515. The molecule has 0 spiro atoms. The van der Waals surface area contributed by atoms with Crippen LogP contribution < -0.4 is 5.32 Å². The van der Waals surface area contributed by atoms with Crippen LogP contribution in [0.3, 0.4) is 0 Å². The molecule has 0 aliphatic heterocycles. The van der Waals surface area contributed by atoms with Crippen LogP contribution in [0, 0.1) is 19.7 Å². The van der Waals surface area contributed by atoms with Gasteiger partial charge in [0.15, 0.2) is 0 Å². The van der Waals surface area contributed by atoms with E-state index in [1.807, 2.05) is 0 Å². The van der Waals surface area contributed by atoms with Crippen molar-refractivity contribution in [1.29, 1.82) is 0 Å². The highest BCUT2D eigenvalue weighted by molar-refractivity contribution is 9.10. The summed E-state index contributed by atoms with van der Waals surface area (Å²) >= 11 is 3.34. The summed E-state index contributed by atoms with van der Waals surface area (Å²) in [6, 6.07) is 11.2. The van der Waals surface area contributed by atoms with E-state index in [9.17, 15) is 4.39 Å². The lowest BCUT2D eigenvalue weighted by molar-refractivity contribution is 0.630. The first kappa shape index (κ1) is 13.1. The SMILES string of the molecule is Cc1ccc(C)c(CNc2cc(Br)ccc2F)c1. The summed E-state index contributed by atoms with van der Waals surface area (Å²) in [5.74, 6) is -0.233. The quantitative estimate of drug-likeness (QED) is 0.857. The molecule has 0 aromatic heterocycles. The highest BCUT2D eigenvalue weighted by Gasteiger charge is 2.04. The third-order valence-corrected chi connectivity index (χ3v) is 3.40. The van der Waals surface area contributed by atoms with Crippen LogP contribution in [0.2, 0.25) is 0 Å². The van der Waals surface area contributed by atoms with Crippen LogP contribution in [0.4, 0.5) is 10.1 Å². The number of halogens is 2. The maximum absolute atomic E-state index is 13.6. The van der Waals surface area contributed by atoms with Crippen LogP contribution in [0.25, 0.3) is 0 Å². The van der Waals surface area contributed by atoms with Crippen molar-refractivity contribution in [3.8, 4) is 0 Å². The van der Waals surface area contributed by atoms with E-state index in [2.05, 4.69) is 53.3 Å². The Morgan fingerprint density at radius 1 is 1.11 bits per heavy atom. The molecule has 18 heavy (non-hydrogen) atoms. The van der Waals surface area contributed by atoms with E-state index in [1.165, 1.54) is 22.8 Å². The Morgan fingerprint density at radius 2 is 1.89 bits per heavy atom. The van der Waals surface area contributed by atoms with Crippen LogP contribution in [0.15, 0.2) is 40.9 Å². The van der Waals surface area contributed by atoms with Gasteiger partial charge in [-0.05, 0) is 43.2 Å². The second-order valence-electron chi connectivity index (χ2n) is 4.41. The zero-order valence-corrected chi connectivity index (χ0v) is 12.0. The minimum Gasteiger partial charge on any atom is -0.379 e. The molecule has 0 radical (unpaired) electrons. The van der Waals surface area contributed by atoms with E-state index in [4.69, 9.17) is 0 Å². The fourth-order valence-electron chi connectivity index (χ4n) is 1.81. The molecule has 0 atom stereocenters. The molecule has 1 nitrogen and oxygen atoms in total. The molecular formula is C15H15BrFN. The Labute approximate surface area is 115 Å². The molecule has 0 fully saturated rings. The third-order valence-electron chi connectivity index (χ3n) is 2.90. The Balaban J connectivity index is 2.16. The number of aryl methyl sites for hydroxylation is 2. The fourth-order valence-corrected chi connectivity index (χ4v) is 2.18. The average Bonchev–Trinajstić information content (AvgIpc) is 2.34. The van der Waals surface area contributed by atoms with Gasteiger partial charge < -0.3 is 5.32 Å². The topological polar surface area (TPSA) is 12.0 Å². The second-order valence-corrected chi connectivity index (χ2v) is 5.32. The lowest BCUT2D eigenvalue weighted by Crippen LogP contribution is -2.03. The van der Waals surface area contributed by atoms with E-state index in [0.29, 0.717) is 12.2 Å². The molecule has 0 unspecified atom stereocenters. The lowest BCUT2D eigenvalue weighted by Gasteiger charge is -2.11. The first-order valence-corrected chi connectivity index (χ1v) is 6.60. The maximum Gasteiger partial charge on any atom is 0.146 e. The monoisotopic (exact) mass is 307 g/mol. The zero-order valence-electron chi connectivity index (χ0n) is 10.4. The van der Waals surface area contributed by atoms with Gasteiger partial charge in [0.2, 0.25) is 0 Å². The molecule has 0 heterocycles. The third kappa shape index (κ3) is 3.10. The van der Waals surface area contributed by atoms with E-state index >= 15 is 0 Å². The van der Waals surface area contributed by atoms with E-state index in [0.717, 1.165) is 4.47 Å². The summed E-state index contributed by atoms with van der Waals surface area (Å²) in [4.78, 5) is 0. The van der Waals surface area contributed by atoms with Gasteiger partial charge >= 0.3 is 0 Å². The second kappa shape index (κ2) is 5.53. The summed E-state index contributed by atoms with van der Waals surface area (Å²) in [6.07, 6.45) is 0. The van der Waals surface area contributed by atoms with Crippen molar-refractivity contribution in [2.75, 3.05) is 5.32 Å². The number of rotatable bonds is 3. The van der Waals surface area contributed by atoms with Crippen molar-refractivity contribution in [1.82, 2.24) is 0 Å². The summed E-state index contributed by atoms with van der Waals surface area (Å²) in [6.45, 7) is 4.75. The van der Waals surface area contributed by atoms with Crippen molar-refractivity contribution < 1.29 is 4.39 Å². The van der Waals surface area contributed by atoms with Crippen molar-refractivity contribution >= 4 is 21.6 Å². The molecule has 0 saturated heterocycles. The molecule has 94 valence electrons. The van der Waals surface area contributed by atoms with Gasteiger partial charge in [-0.1, -0.05) is 39.7 Å². The van der Waals surface area contributed by atoms with Gasteiger partial charge in [-0.25, -0.2) is 4.39 Å². The first-order chi connectivity index (χ1) is 8.56. The molecule has 3 heteroatoms. The van der Waals surface area contributed by atoms with Crippen LogP contribution in [-0.4, -0.2) is 0 Å². The van der Waals surface area contributed by atoms with E-state index in [-0.39, 0.29) is 5.82 Å². The van der Waals surface area contributed by atoms with Gasteiger partial charge in [-0.2, -0.15) is 0 Å². The molecule has 1 N–H and O–H groups in total. The van der Waals surface area contributed by atoms with Gasteiger partial charge in [0.25, 0.3) is 0 Å². The molecular weight excluding hydrogens is 293 g/mol.